The molecule has 1 N–H and O–H groups in total. The molecule has 1 fully saturated rings. The second-order valence-corrected chi connectivity index (χ2v) is 9.45. The van der Waals surface area contributed by atoms with E-state index in [1.807, 2.05) is 42.5 Å². The number of rotatable bonds is 6. The molecule has 0 aliphatic carbocycles. The molecule has 1 amide bonds. The van der Waals surface area contributed by atoms with E-state index in [4.69, 9.17) is 39.5 Å². The Bertz CT molecular complexity index is 1230. The minimum atomic E-state index is -0.227. The molecule has 0 spiro atoms. The number of amidine groups is 1. The predicted molar refractivity (Wildman–Crippen MR) is 139 cm³/mol. The number of aryl methyl sites for hydroxylation is 1. The first-order valence-electron chi connectivity index (χ1n) is 10.2. The summed E-state index contributed by atoms with van der Waals surface area (Å²) in [5, 5.41) is 4.60. The molecular formula is C25H19Cl3N2O2S. The van der Waals surface area contributed by atoms with Gasteiger partial charge in [0.2, 0.25) is 0 Å². The third kappa shape index (κ3) is 5.92. The molecule has 0 atom stereocenters. The summed E-state index contributed by atoms with van der Waals surface area (Å²) in [4.78, 5) is 17.4. The minimum Gasteiger partial charge on any atom is -0.486 e. The molecule has 4 rings (SSSR count). The first kappa shape index (κ1) is 23.7. The molecule has 168 valence electrons. The molecule has 8 heteroatoms. The van der Waals surface area contributed by atoms with Crippen LogP contribution in [-0.4, -0.2) is 11.1 Å². The fourth-order valence-corrected chi connectivity index (χ4v) is 4.77. The van der Waals surface area contributed by atoms with Gasteiger partial charge in [0.05, 0.1) is 20.6 Å². The van der Waals surface area contributed by atoms with Gasteiger partial charge in [-0.15, -0.1) is 0 Å². The summed E-state index contributed by atoms with van der Waals surface area (Å²) in [6.07, 6.45) is 2.68. The monoisotopic (exact) mass is 516 g/mol. The van der Waals surface area contributed by atoms with Crippen molar-refractivity contribution in [3.63, 3.8) is 0 Å². The molecular weight excluding hydrogens is 499 g/mol. The number of carbonyl (C=O) groups is 1. The summed E-state index contributed by atoms with van der Waals surface area (Å²) >= 11 is 20.3. The van der Waals surface area contributed by atoms with Crippen LogP contribution in [0.25, 0.3) is 6.08 Å². The number of nitrogens with zero attached hydrogens (tertiary/aromatic N) is 1. The van der Waals surface area contributed by atoms with Gasteiger partial charge < -0.3 is 10.1 Å². The van der Waals surface area contributed by atoms with Crippen molar-refractivity contribution in [1.82, 2.24) is 5.32 Å². The number of hydrogen-bond acceptors (Lipinski definition) is 4. The largest absolute Gasteiger partial charge is 0.486 e. The molecule has 3 aromatic rings. The maximum Gasteiger partial charge on any atom is 0.264 e. The van der Waals surface area contributed by atoms with Crippen LogP contribution in [0.3, 0.4) is 0 Å². The highest BCUT2D eigenvalue weighted by Gasteiger charge is 2.24. The highest BCUT2D eigenvalue weighted by Crippen LogP contribution is 2.37. The van der Waals surface area contributed by atoms with Gasteiger partial charge in [0, 0.05) is 10.6 Å². The molecule has 1 heterocycles. The molecule has 0 radical (unpaired) electrons. The van der Waals surface area contributed by atoms with E-state index >= 15 is 0 Å². The van der Waals surface area contributed by atoms with Crippen molar-refractivity contribution in [3.8, 4) is 5.75 Å². The highest BCUT2D eigenvalue weighted by molar-refractivity contribution is 8.18. The summed E-state index contributed by atoms with van der Waals surface area (Å²) < 4.78 is 5.81. The van der Waals surface area contributed by atoms with Crippen molar-refractivity contribution in [3.05, 3.63) is 97.3 Å². The Morgan fingerprint density at radius 2 is 1.70 bits per heavy atom. The maximum atomic E-state index is 12.4. The van der Waals surface area contributed by atoms with Gasteiger partial charge >= 0.3 is 0 Å². The van der Waals surface area contributed by atoms with Gasteiger partial charge in [-0.3, -0.25) is 4.79 Å². The van der Waals surface area contributed by atoms with E-state index in [2.05, 4.69) is 17.2 Å². The second kappa shape index (κ2) is 10.7. The number of amides is 1. The van der Waals surface area contributed by atoms with Gasteiger partial charge in [0.15, 0.2) is 10.9 Å². The van der Waals surface area contributed by atoms with E-state index in [9.17, 15) is 4.79 Å². The topological polar surface area (TPSA) is 50.7 Å². The Labute approximate surface area is 211 Å². The zero-order chi connectivity index (χ0) is 23.4. The Kier molecular flexibility index (Phi) is 7.66. The first-order valence-corrected chi connectivity index (χ1v) is 12.1. The summed E-state index contributed by atoms with van der Waals surface area (Å²) in [6, 6.07) is 18.7. The number of halogens is 3. The third-order valence-corrected chi connectivity index (χ3v) is 6.71. The van der Waals surface area contributed by atoms with Crippen LogP contribution in [0.5, 0.6) is 5.75 Å². The normalized spacial score (nSPS) is 15.8. The standard InChI is InChI=1S/C25H19Cl3N2O2S/c1-2-15-7-9-18(10-8-15)29-25-30-24(31)22(33-25)13-16-11-20(27)23(21(28)12-16)32-14-17-5-3-4-6-19(17)26/h3-13H,2,14H2,1H3,(H,29,30,31)/b22-13-. The van der Waals surface area contributed by atoms with E-state index < -0.39 is 0 Å². The Balaban J connectivity index is 1.49. The Morgan fingerprint density at radius 1 is 1.00 bits per heavy atom. The van der Waals surface area contributed by atoms with Crippen LogP contribution in [0.15, 0.2) is 70.6 Å². The van der Waals surface area contributed by atoms with Crippen LogP contribution in [0.1, 0.15) is 23.6 Å². The average molecular weight is 518 g/mol. The lowest BCUT2D eigenvalue weighted by atomic mass is 10.2. The van der Waals surface area contributed by atoms with Crippen molar-refractivity contribution in [2.75, 3.05) is 0 Å². The maximum absolute atomic E-state index is 12.4. The first-order chi connectivity index (χ1) is 15.9. The Hall–Kier alpha value is -2.44. The molecule has 1 saturated heterocycles. The molecule has 0 unspecified atom stereocenters. The lowest BCUT2D eigenvalue weighted by Crippen LogP contribution is -2.19. The predicted octanol–water partition coefficient (Wildman–Crippen LogP) is 7.68. The van der Waals surface area contributed by atoms with E-state index in [0.29, 0.717) is 36.5 Å². The van der Waals surface area contributed by atoms with Crippen molar-refractivity contribution >= 4 is 69.4 Å². The van der Waals surface area contributed by atoms with Gasteiger partial charge in [-0.25, -0.2) is 4.99 Å². The van der Waals surface area contributed by atoms with Crippen LogP contribution >= 0.6 is 46.6 Å². The smallest absolute Gasteiger partial charge is 0.264 e. The van der Waals surface area contributed by atoms with Crippen LogP contribution in [0, 0.1) is 0 Å². The van der Waals surface area contributed by atoms with E-state index in [-0.39, 0.29) is 12.5 Å². The van der Waals surface area contributed by atoms with Crippen LogP contribution in [0.4, 0.5) is 5.69 Å². The zero-order valence-corrected chi connectivity index (χ0v) is 20.7. The molecule has 0 saturated carbocycles. The number of hydrogen-bond donors (Lipinski definition) is 1. The molecule has 0 bridgehead atoms. The number of carbonyl (C=O) groups excluding carboxylic acids is 1. The molecule has 3 aromatic carbocycles. The van der Waals surface area contributed by atoms with E-state index in [1.165, 1.54) is 17.3 Å². The van der Waals surface area contributed by atoms with Gasteiger partial charge in [-0.1, -0.05) is 72.1 Å². The number of ether oxygens (including phenoxy) is 1. The molecule has 4 nitrogen and oxygen atoms in total. The fourth-order valence-electron chi connectivity index (χ4n) is 3.12. The third-order valence-electron chi connectivity index (χ3n) is 4.87. The van der Waals surface area contributed by atoms with Crippen LogP contribution in [-0.2, 0) is 17.8 Å². The summed E-state index contributed by atoms with van der Waals surface area (Å²) in [7, 11) is 0. The van der Waals surface area contributed by atoms with Gasteiger partial charge in [0.25, 0.3) is 5.91 Å². The lowest BCUT2D eigenvalue weighted by Gasteiger charge is -2.12. The van der Waals surface area contributed by atoms with Gasteiger partial charge in [0.1, 0.15) is 6.61 Å². The van der Waals surface area contributed by atoms with Crippen molar-refractivity contribution in [2.45, 2.75) is 20.0 Å². The minimum absolute atomic E-state index is 0.227. The SMILES string of the molecule is CCc1ccc(N=C2NC(=O)/C(=C/c3cc(Cl)c(OCc4ccccc4Cl)c(Cl)c3)S2)cc1. The molecule has 0 aromatic heterocycles. The van der Waals surface area contributed by atoms with Gasteiger partial charge in [-0.2, -0.15) is 0 Å². The lowest BCUT2D eigenvalue weighted by molar-refractivity contribution is -0.115. The highest BCUT2D eigenvalue weighted by atomic mass is 35.5. The van der Waals surface area contributed by atoms with Gasteiger partial charge in [-0.05, 0) is 65.7 Å². The van der Waals surface area contributed by atoms with Crippen molar-refractivity contribution in [1.29, 1.82) is 0 Å². The zero-order valence-electron chi connectivity index (χ0n) is 17.6. The Morgan fingerprint density at radius 3 is 2.36 bits per heavy atom. The summed E-state index contributed by atoms with van der Waals surface area (Å²) in [6.45, 7) is 2.33. The average Bonchev–Trinajstić information content (AvgIpc) is 3.13. The van der Waals surface area contributed by atoms with E-state index in [0.717, 1.165) is 17.7 Å². The molecule has 1 aliphatic rings. The molecule has 33 heavy (non-hydrogen) atoms. The fraction of sp³-hybridized carbons (Fsp3) is 0.120. The molecule has 1 aliphatic heterocycles. The number of nitrogens with one attached hydrogen (secondary N) is 1. The number of thioether (sulfide) groups is 1. The number of aliphatic imine (C=N–C) groups is 1. The van der Waals surface area contributed by atoms with Crippen LogP contribution in [0.2, 0.25) is 15.1 Å². The van der Waals surface area contributed by atoms with Crippen LogP contribution < -0.4 is 10.1 Å². The quantitative estimate of drug-likeness (QED) is 0.341. The van der Waals surface area contributed by atoms with E-state index in [1.54, 1.807) is 24.3 Å². The summed E-state index contributed by atoms with van der Waals surface area (Å²) in [5.74, 6) is 0.136. The van der Waals surface area contributed by atoms with Crippen molar-refractivity contribution in [2.24, 2.45) is 4.99 Å². The van der Waals surface area contributed by atoms with Crippen molar-refractivity contribution < 1.29 is 9.53 Å². The second-order valence-electron chi connectivity index (χ2n) is 7.20. The summed E-state index contributed by atoms with van der Waals surface area (Å²) in [5.41, 5.74) is 3.52. The number of benzene rings is 3.